The van der Waals surface area contributed by atoms with Gasteiger partial charge in [-0.25, -0.2) is 4.79 Å². The average molecular weight is 345 g/mol. The highest BCUT2D eigenvalue weighted by atomic mass is 79.9. The fourth-order valence-electron chi connectivity index (χ4n) is 1.48. The molecule has 0 saturated carbocycles. The lowest BCUT2D eigenvalue weighted by molar-refractivity contribution is -0.137. The number of carboxylic acid groups (broad SMARTS) is 1. The Labute approximate surface area is 125 Å². The minimum absolute atomic E-state index is 0.0305. The van der Waals surface area contributed by atoms with Crippen LogP contribution in [0.3, 0.4) is 0 Å². The minimum Gasteiger partial charge on any atom is -0.492 e. The number of aliphatic carboxylic acids is 1. The van der Waals surface area contributed by atoms with Gasteiger partial charge >= 0.3 is 12.0 Å². The molecular formula is C13H17BrN2O4. The Morgan fingerprint density at radius 2 is 2.15 bits per heavy atom. The summed E-state index contributed by atoms with van der Waals surface area (Å²) < 4.78 is 6.28. The molecule has 1 rings (SSSR count). The van der Waals surface area contributed by atoms with Crippen molar-refractivity contribution in [3.8, 4) is 5.75 Å². The molecule has 0 aliphatic carbocycles. The molecule has 0 bridgehead atoms. The van der Waals surface area contributed by atoms with Gasteiger partial charge in [0.05, 0.1) is 12.3 Å². The average Bonchev–Trinajstić information content (AvgIpc) is 2.38. The maximum Gasteiger partial charge on any atom is 0.319 e. The molecule has 0 saturated heterocycles. The summed E-state index contributed by atoms with van der Waals surface area (Å²) in [6.45, 7) is 2.65. The Bertz CT molecular complexity index is 479. The Balaban J connectivity index is 2.50. The number of urea groups is 1. The molecule has 0 aliphatic heterocycles. The van der Waals surface area contributed by atoms with Gasteiger partial charge in [-0.1, -0.05) is 15.9 Å². The molecule has 20 heavy (non-hydrogen) atoms. The fraction of sp³-hybridized carbons (Fsp3) is 0.385. The van der Waals surface area contributed by atoms with E-state index in [0.29, 0.717) is 31.0 Å². The summed E-state index contributed by atoms with van der Waals surface area (Å²) in [7, 11) is 0. The van der Waals surface area contributed by atoms with Crippen LogP contribution in [0.4, 0.5) is 10.5 Å². The quantitative estimate of drug-likeness (QED) is 0.663. The Morgan fingerprint density at radius 1 is 1.40 bits per heavy atom. The summed E-state index contributed by atoms with van der Waals surface area (Å²) >= 11 is 3.33. The number of carboxylic acids is 1. The zero-order chi connectivity index (χ0) is 15.0. The van der Waals surface area contributed by atoms with E-state index in [1.165, 1.54) is 0 Å². The maximum absolute atomic E-state index is 11.7. The number of carbonyl (C=O) groups is 2. The third-order valence-electron chi connectivity index (χ3n) is 2.34. The van der Waals surface area contributed by atoms with E-state index in [1.54, 1.807) is 18.2 Å². The number of carbonyl (C=O) groups excluding carboxylic acids is 1. The summed E-state index contributed by atoms with van der Waals surface area (Å²) in [5, 5.41) is 13.7. The van der Waals surface area contributed by atoms with Crippen LogP contribution in [0.25, 0.3) is 0 Å². The zero-order valence-electron chi connectivity index (χ0n) is 11.1. The van der Waals surface area contributed by atoms with Crippen molar-refractivity contribution < 1.29 is 19.4 Å². The summed E-state index contributed by atoms with van der Waals surface area (Å²) in [4.78, 5) is 22.0. The normalized spacial score (nSPS) is 9.90. The molecular weight excluding hydrogens is 328 g/mol. The highest BCUT2D eigenvalue weighted by Crippen LogP contribution is 2.28. The van der Waals surface area contributed by atoms with Gasteiger partial charge in [0, 0.05) is 17.4 Å². The second kappa shape index (κ2) is 8.42. The SMILES string of the molecule is CCOc1cc(Br)ccc1NC(=O)NCCCC(=O)O. The molecule has 2 amide bonds. The fourth-order valence-corrected chi connectivity index (χ4v) is 1.82. The Kier molecular flexibility index (Phi) is 6.86. The van der Waals surface area contributed by atoms with Gasteiger partial charge in [-0.2, -0.15) is 0 Å². The van der Waals surface area contributed by atoms with E-state index < -0.39 is 12.0 Å². The van der Waals surface area contributed by atoms with Crippen molar-refractivity contribution >= 4 is 33.6 Å². The van der Waals surface area contributed by atoms with E-state index in [9.17, 15) is 9.59 Å². The first kappa shape index (κ1) is 16.3. The van der Waals surface area contributed by atoms with E-state index in [0.717, 1.165) is 4.47 Å². The molecule has 1 aromatic rings. The molecule has 0 unspecified atom stereocenters. The monoisotopic (exact) mass is 344 g/mol. The molecule has 3 N–H and O–H groups in total. The van der Waals surface area contributed by atoms with Crippen molar-refractivity contribution in [3.05, 3.63) is 22.7 Å². The third-order valence-corrected chi connectivity index (χ3v) is 2.84. The molecule has 110 valence electrons. The van der Waals surface area contributed by atoms with Crippen LogP contribution in [0.2, 0.25) is 0 Å². The number of rotatable bonds is 7. The van der Waals surface area contributed by atoms with Crippen LogP contribution in [0.1, 0.15) is 19.8 Å². The number of benzene rings is 1. The molecule has 0 spiro atoms. The van der Waals surface area contributed by atoms with Crippen molar-refractivity contribution in [2.45, 2.75) is 19.8 Å². The van der Waals surface area contributed by atoms with Crippen LogP contribution in [0.15, 0.2) is 22.7 Å². The highest BCUT2D eigenvalue weighted by Gasteiger charge is 2.08. The van der Waals surface area contributed by atoms with E-state index in [2.05, 4.69) is 26.6 Å². The zero-order valence-corrected chi connectivity index (χ0v) is 12.7. The molecule has 7 heteroatoms. The first-order valence-electron chi connectivity index (χ1n) is 6.22. The summed E-state index contributed by atoms with van der Waals surface area (Å²) in [6.07, 6.45) is 0.421. The van der Waals surface area contributed by atoms with E-state index >= 15 is 0 Å². The van der Waals surface area contributed by atoms with Crippen molar-refractivity contribution in [2.75, 3.05) is 18.5 Å². The number of hydrogen-bond donors (Lipinski definition) is 3. The number of halogens is 1. The standard InChI is InChI=1S/C13H17BrN2O4/c1-2-20-11-8-9(14)5-6-10(11)16-13(19)15-7-3-4-12(17)18/h5-6,8H,2-4,7H2,1H3,(H,17,18)(H2,15,16,19). The van der Waals surface area contributed by atoms with Crippen LogP contribution in [-0.4, -0.2) is 30.3 Å². The molecule has 0 atom stereocenters. The van der Waals surface area contributed by atoms with Crippen LogP contribution in [0, 0.1) is 0 Å². The first-order valence-corrected chi connectivity index (χ1v) is 7.01. The highest BCUT2D eigenvalue weighted by molar-refractivity contribution is 9.10. The van der Waals surface area contributed by atoms with E-state index in [4.69, 9.17) is 9.84 Å². The van der Waals surface area contributed by atoms with Crippen LogP contribution in [0.5, 0.6) is 5.75 Å². The maximum atomic E-state index is 11.7. The molecule has 0 fully saturated rings. The van der Waals surface area contributed by atoms with E-state index in [-0.39, 0.29) is 6.42 Å². The lowest BCUT2D eigenvalue weighted by Gasteiger charge is -2.12. The van der Waals surface area contributed by atoms with Gasteiger partial charge in [-0.05, 0) is 31.5 Å². The molecule has 0 radical (unpaired) electrons. The number of hydrogen-bond acceptors (Lipinski definition) is 3. The Hall–Kier alpha value is -1.76. The molecule has 6 nitrogen and oxygen atoms in total. The second-order valence-corrected chi connectivity index (χ2v) is 4.87. The third kappa shape index (κ3) is 5.92. The lowest BCUT2D eigenvalue weighted by atomic mass is 10.3. The van der Waals surface area contributed by atoms with Gasteiger partial charge in [-0.3, -0.25) is 4.79 Å². The molecule has 0 heterocycles. The van der Waals surface area contributed by atoms with Crippen LogP contribution in [-0.2, 0) is 4.79 Å². The smallest absolute Gasteiger partial charge is 0.319 e. The van der Waals surface area contributed by atoms with Crippen LogP contribution >= 0.6 is 15.9 Å². The van der Waals surface area contributed by atoms with E-state index in [1.807, 2.05) is 6.92 Å². The molecule has 0 aromatic heterocycles. The van der Waals surface area contributed by atoms with Gasteiger partial charge in [0.2, 0.25) is 0 Å². The van der Waals surface area contributed by atoms with Crippen molar-refractivity contribution in [3.63, 3.8) is 0 Å². The number of nitrogens with one attached hydrogen (secondary N) is 2. The number of amides is 2. The summed E-state index contributed by atoms with van der Waals surface area (Å²) in [6, 6.07) is 4.90. The number of ether oxygens (including phenoxy) is 1. The minimum atomic E-state index is -0.876. The van der Waals surface area contributed by atoms with Crippen molar-refractivity contribution in [1.82, 2.24) is 5.32 Å². The van der Waals surface area contributed by atoms with Crippen LogP contribution < -0.4 is 15.4 Å². The van der Waals surface area contributed by atoms with Crippen molar-refractivity contribution in [1.29, 1.82) is 0 Å². The van der Waals surface area contributed by atoms with Gasteiger partial charge in [0.25, 0.3) is 0 Å². The van der Waals surface area contributed by atoms with Gasteiger partial charge in [0.1, 0.15) is 5.75 Å². The predicted molar refractivity (Wildman–Crippen MR) is 79.2 cm³/mol. The van der Waals surface area contributed by atoms with Crippen molar-refractivity contribution in [2.24, 2.45) is 0 Å². The van der Waals surface area contributed by atoms with Gasteiger partial charge in [-0.15, -0.1) is 0 Å². The molecule has 1 aromatic carbocycles. The van der Waals surface area contributed by atoms with Gasteiger partial charge in [0.15, 0.2) is 0 Å². The lowest BCUT2D eigenvalue weighted by Crippen LogP contribution is -2.30. The molecule has 0 aliphatic rings. The van der Waals surface area contributed by atoms with Gasteiger partial charge < -0.3 is 20.5 Å². The largest absolute Gasteiger partial charge is 0.492 e. The second-order valence-electron chi connectivity index (χ2n) is 3.95. The summed E-state index contributed by atoms with van der Waals surface area (Å²) in [5.74, 6) is -0.304. The topological polar surface area (TPSA) is 87.7 Å². The summed E-state index contributed by atoms with van der Waals surface area (Å²) in [5.41, 5.74) is 0.561. The Morgan fingerprint density at radius 3 is 2.80 bits per heavy atom. The predicted octanol–water partition coefficient (Wildman–Crippen LogP) is 2.83. The number of anilines is 1. The first-order chi connectivity index (χ1) is 9.52.